The number of hydrogen-bond donors (Lipinski definition) is 1. The van der Waals surface area contributed by atoms with Crippen molar-refractivity contribution in [2.45, 2.75) is 19.9 Å². The SMILES string of the molecule is CC(C)NC(=O)COC(=O)c1cc(-c2ccccc2)nc2ccccc12. The van der Waals surface area contributed by atoms with E-state index < -0.39 is 5.97 Å². The number of fused-ring (bicyclic) bond motifs is 1. The maximum atomic E-state index is 12.6. The first-order valence-electron chi connectivity index (χ1n) is 8.46. The molecule has 0 saturated heterocycles. The summed E-state index contributed by atoms with van der Waals surface area (Å²) in [4.78, 5) is 29.0. The Hall–Kier alpha value is -3.21. The van der Waals surface area contributed by atoms with Crippen molar-refractivity contribution in [3.05, 3.63) is 66.2 Å². The molecule has 0 radical (unpaired) electrons. The van der Waals surface area contributed by atoms with Gasteiger partial charge in [-0.2, -0.15) is 0 Å². The van der Waals surface area contributed by atoms with Gasteiger partial charge in [-0.05, 0) is 26.0 Å². The lowest BCUT2D eigenvalue weighted by molar-refractivity contribution is -0.124. The number of aromatic nitrogens is 1. The number of nitrogens with zero attached hydrogens (tertiary/aromatic N) is 1. The zero-order valence-electron chi connectivity index (χ0n) is 14.7. The molecule has 0 bridgehead atoms. The fourth-order valence-electron chi connectivity index (χ4n) is 2.67. The minimum absolute atomic E-state index is 0.00681. The van der Waals surface area contributed by atoms with Gasteiger partial charge in [-0.3, -0.25) is 4.79 Å². The molecule has 5 heteroatoms. The summed E-state index contributed by atoms with van der Waals surface area (Å²) in [7, 11) is 0. The Labute approximate surface area is 152 Å². The highest BCUT2D eigenvalue weighted by Gasteiger charge is 2.16. The molecule has 0 aliphatic carbocycles. The van der Waals surface area contributed by atoms with Crippen LogP contribution < -0.4 is 5.32 Å². The minimum Gasteiger partial charge on any atom is -0.452 e. The average molecular weight is 348 g/mol. The van der Waals surface area contributed by atoms with Gasteiger partial charge in [0.1, 0.15) is 0 Å². The molecule has 1 aromatic heterocycles. The van der Waals surface area contributed by atoms with Gasteiger partial charge in [-0.25, -0.2) is 9.78 Å². The molecule has 26 heavy (non-hydrogen) atoms. The van der Waals surface area contributed by atoms with Crippen LogP contribution in [-0.2, 0) is 9.53 Å². The van der Waals surface area contributed by atoms with Crippen LogP contribution in [0.2, 0.25) is 0 Å². The predicted octanol–water partition coefficient (Wildman–Crippen LogP) is 3.58. The lowest BCUT2D eigenvalue weighted by Crippen LogP contribution is -2.34. The summed E-state index contributed by atoms with van der Waals surface area (Å²) in [6.45, 7) is 3.39. The number of carbonyl (C=O) groups excluding carboxylic acids is 2. The topological polar surface area (TPSA) is 68.3 Å². The molecule has 0 atom stereocenters. The van der Waals surface area contributed by atoms with Crippen molar-refractivity contribution in [1.82, 2.24) is 10.3 Å². The molecule has 5 nitrogen and oxygen atoms in total. The fourth-order valence-corrected chi connectivity index (χ4v) is 2.67. The zero-order valence-corrected chi connectivity index (χ0v) is 14.7. The summed E-state index contributed by atoms with van der Waals surface area (Å²) in [5.74, 6) is -0.866. The van der Waals surface area contributed by atoms with E-state index in [0.717, 1.165) is 5.56 Å². The van der Waals surface area contributed by atoms with Crippen molar-refractivity contribution >= 4 is 22.8 Å². The largest absolute Gasteiger partial charge is 0.452 e. The van der Waals surface area contributed by atoms with E-state index in [0.29, 0.717) is 22.2 Å². The molecule has 132 valence electrons. The third kappa shape index (κ3) is 4.06. The summed E-state index contributed by atoms with van der Waals surface area (Å²) in [5, 5.41) is 3.39. The van der Waals surface area contributed by atoms with Gasteiger partial charge in [0.15, 0.2) is 6.61 Å². The molecule has 0 saturated carbocycles. The third-order valence-electron chi connectivity index (χ3n) is 3.79. The number of carbonyl (C=O) groups is 2. The Morgan fingerprint density at radius 2 is 1.73 bits per heavy atom. The van der Waals surface area contributed by atoms with Crippen LogP contribution in [0.5, 0.6) is 0 Å². The smallest absolute Gasteiger partial charge is 0.339 e. The molecule has 3 rings (SSSR count). The molecule has 1 heterocycles. The maximum absolute atomic E-state index is 12.6. The lowest BCUT2D eigenvalue weighted by atomic mass is 10.0. The second kappa shape index (κ2) is 7.78. The number of pyridine rings is 1. The Morgan fingerprint density at radius 1 is 1.04 bits per heavy atom. The van der Waals surface area contributed by atoms with Crippen molar-refractivity contribution in [2.24, 2.45) is 0 Å². The van der Waals surface area contributed by atoms with E-state index in [1.165, 1.54) is 0 Å². The number of benzene rings is 2. The van der Waals surface area contributed by atoms with Gasteiger partial charge in [-0.1, -0.05) is 48.5 Å². The number of rotatable bonds is 5. The highest BCUT2D eigenvalue weighted by atomic mass is 16.5. The van der Waals surface area contributed by atoms with Crippen molar-refractivity contribution < 1.29 is 14.3 Å². The molecule has 1 N–H and O–H groups in total. The van der Waals surface area contributed by atoms with Crippen LogP contribution in [0.15, 0.2) is 60.7 Å². The van der Waals surface area contributed by atoms with Crippen LogP contribution in [0.25, 0.3) is 22.2 Å². The van der Waals surface area contributed by atoms with Crippen LogP contribution in [0.4, 0.5) is 0 Å². The van der Waals surface area contributed by atoms with Crippen molar-refractivity contribution in [3.8, 4) is 11.3 Å². The van der Waals surface area contributed by atoms with Gasteiger partial charge in [0.2, 0.25) is 0 Å². The van der Waals surface area contributed by atoms with Gasteiger partial charge in [-0.15, -0.1) is 0 Å². The second-order valence-corrected chi connectivity index (χ2v) is 6.24. The third-order valence-corrected chi connectivity index (χ3v) is 3.79. The Kier molecular flexibility index (Phi) is 5.27. The van der Waals surface area contributed by atoms with Gasteiger partial charge in [0.25, 0.3) is 5.91 Å². The molecule has 2 aromatic carbocycles. The van der Waals surface area contributed by atoms with Crippen LogP contribution in [0.3, 0.4) is 0 Å². The van der Waals surface area contributed by atoms with Crippen LogP contribution in [0.1, 0.15) is 24.2 Å². The Bertz CT molecular complexity index is 936. The molecule has 0 unspecified atom stereocenters. The Balaban J connectivity index is 1.93. The first kappa shape index (κ1) is 17.6. The second-order valence-electron chi connectivity index (χ2n) is 6.24. The summed E-state index contributed by atoms with van der Waals surface area (Å²) in [5.41, 5.74) is 2.69. The van der Waals surface area contributed by atoms with Crippen molar-refractivity contribution in [1.29, 1.82) is 0 Å². The molecule has 1 amide bonds. The summed E-state index contributed by atoms with van der Waals surface area (Å²) < 4.78 is 5.21. The number of ether oxygens (including phenoxy) is 1. The van der Waals surface area contributed by atoms with E-state index in [1.54, 1.807) is 6.07 Å². The maximum Gasteiger partial charge on any atom is 0.339 e. The fraction of sp³-hybridized carbons (Fsp3) is 0.190. The van der Waals surface area contributed by atoms with E-state index >= 15 is 0 Å². The number of esters is 1. The van der Waals surface area contributed by atoms with Gasteiger partial charge in [0, 0.05) is 17.0 Å². The number of amides is 1. The molecule has 0 spiro atoms. The molecular weight excluding hydrogens is 328 g/mol. The van der Waals surface area contributed by atoms with E-state index in [1.807, 2.05) is 68.4 Å². The quantitative estimate of drug-likeness (QED) is 0.716. The van der Waals surface area contributed by atoms with Crippen molar-refractivity contribution in [3.63, 3.8) is 0 Å². The van der Waals surface area contributed by atoms with E-state index in [4.69, 9.17) is 4.74 Å². The predicted molar refractivity (Wildman–Crippen MR) is 101 cm³/mol. The zero-order chi connectivity index (χ0) is 18.5. The standard InChI is InChI=1S/C21H20N2O3/c1-14(2)22-20(24)13-26-21(25)17-12-19(15-8-4-3-5-9-15)23-18-11-7-6-10-16(17)18/h3-12,14H,13H2,1-2H3,(H,22,24). The van der Waals surface area contributed by atoms with Crippen LogP contribution in [-0.4, -0.2) is 29.5 Å². The van der Waals surface area contributed by atoms with E-state index in [-0.39, 0.29) is 18.6 Å². The summed E-state index contributed by atoms with van der Waals surface area (Å²) in [6.07, 6.45) is 0. The first-order chi connectivity index (χ1) is 12.5. The molecule has 0 fully saturated rings. The molecule has 3 aromatic rings. The highest BCUT2D eigenvalue weighted by Crippen LogP contribution is 2.25. The summed E-state index contributed by atoms with van der Waals surface area (Å²) in [6, 6.07) is 18.7. The number of nitrogens with one attached hydrogen (secondary N) is 1. The van der Waals surface area contributed by atoms with Gasteiger partial charge >= 0.3 is 5.97 Å². The molecular formula is C21H20N2O3. The number of hydrogen-bond acceptors (Lipinski definition) is 4. The summed E-state index contributed by atoms with van der Waals surface area (Å²) >= 11 is 0. The van der Waals surface area contributed by atoms with Crippen molar-refractivity contribution in [2.75, 3.05) is 6.61 Å². The lowest BCUT2D eigenvalue weighted by Gasteiger charge is -2.11. The minimum atomic E-state index is -0.542. The highest BCUT2D eigenvalue weighted by molar-refractivity contribution is 6.05. The van der Waals surface area contributed by atoms with E-state index in [9.17, 15) is 9.59 Å². The van der Waals surface area contributed by atoms with Gasteiger partial charge < -0.3 is 10.1 Å². The molecule has 0 aliphatic heterocycles. The average Bonchev–Trinajstić information content (AvgIpc) is 2.65. The monoisotopic (exact) mass is 348 g/mol. The Morgan fingerprint density at radius 3 is 2.46 bits per heavy atom. The molecule has 0 aliphatic rings. The number of para-hydroxylation sites is 1. The van der Waals surface area contributed by atoms with Gasteiger partial charge in [0.05, 0.1) is 16.8 Å². The van der Waals surface area contributed by atoms with E-state index in [2.05, 4.69) is 10.3 Å². The van der Waals surface area contributed by atoms with Crippen LogP contribution >= 0.6 is 0 Å². The van der Waals surface area contributed by atoms with Crippen LogP contribution in [0, 0.1) is 0 Å². The first-order valence-corrected chi connectivity index (χ1v) is 8.46. The normalized spacial score (nSPS) is 10.7.